The Morgan fingerprint density at radius 1 is 1.00 bits per heavy atom. The summed E-state index contributed by atoms with van der Waals surface area (Å²) in [7, 11) is 3.00. The molecule has 38 heavy (non-hydrogen) atoms. The molecule has 1 saturated heterocycles. The number of carbonyl (C=O) groups is 3. The van der Waals surface area contributed by atoms with Crippen molar-refractivity contribution >= 4 is 46.6 Å². The molecule has 5 rings (SSSR count). The molecule has 198 valence electrons. The van der Waals surface area contributed by atoms with Crippen molar-refractivity contribution in [1.82, 2.24) is 4.98 Å². The lowest BCUT2D eigenvalue weighted by molar-refractivity contribution is -0.145. The minimum Gasteiger partial charge on any atom is -0.497 e. The van der Waals surface area contributed by atoms with E-state index in [1.54, 1.807) is 49.4 Å². The largest absolute Gasteiger partial charge is 0.497 e. The highest BCUT2D eigenvalue weighted by Crippen LogP contribution is 2.53. The first kappa shape index (κ1) is 25.9. The number of ether oxygens (including phenoxy) is 4. The first-order valence-corrected chi connectivity index (χ1v) is 13.4. The molecule has 3 atom stereocenters. The van der Waals surface area contributed by atoms with Crippen molar-refractivity contribution in [3.63, 3.8) is 0 Å². The number of hydrogen-bond donors (Lipinski definition) is 1. The molecule has 0 aliphatic carbocycles. The molecule has 0 bridgehead atoms. The van der Waals surface area contributed by atoms with Gasteiger partial charge in [0.25, 0.3) is 0 Å². The number of thioether (sulfide) groups is 1. The molecule has 1 fully saturated rings. The number of H-pyrrole nitrogens is 1. The van der Waals surface area contributed by atoms with Crippen LogP contribution >= 0.6 is 23.1 Å². The van der Waals surface area contributed by atoms with E-state index in [0.29, 0.717) is 38.4 Å². The maximum Gasteiger partial charge on any atom is 0.344 e. The molecule has 1 aromatic heterocycles. The lowest BCUT2D eigenvalue weighted by Gasteiger charge is -2.30. The second-order valence-corrected chi connectivity index (χ2v) is 10.6. The van der Waals surface area contributed by atoms with Crippen molar-refractivity contribution in [1.29, 1.82) is 0 Å². The summed E-state index contributed by atoms with van der Waals surface area (Å²) in [6.45, 7) is 1.65. The molecule has 10 nitrogen and oxygen atoms in total. The van der Waals surface area contributed by atoms with Crippen LogP contribution in [0.2, 0.25) is 0 Å². The van der Waals surface area contributed by atoms with Crippen molar-refractivity contribution in [2.24, 2.45) is 5.92 Å². The number of imide groups is 1. The number of aromatic nitrogens is 1. The Hall–Kier alpha value is -3.77. The van der Waals surface area contributed by atoms with Gasteiger partial charge >= 0.3 is 10.8 Å². The van der Waals surface area contributed by atoms with E-state index in [9.17, 15) is 19.2 Å². The Morgan fingerprint density at radius 3 is 2.45 bits per heavy atom. The van der Waals surface area contributed by atoms with E-state index >= 15 is 0 Å². The van der Waals surface area contributed by atoms with E-state index in [0.717, 1.165) is 11.3 Å². The van der Waals surface area contributed by atoms with Gasteiger partial charge in [-0.05, 0) is 48.9 Å². The predicted octanol–water partition coefficient (Wildman–Crippen LogP) is 3.19. The molecule has 2 aliphatic rings. The van der Waals surface area contributed by atoms with Gasteiger partial charge in [0.15, 0.2) is 18.1 Å². The third kappa shape index (κ3) is 4.54. The normalized spacial score (nSPS) is 20.1. The van der Waals surface area contributed by atoms with Gasteiger partial charge in [0.1, 0.15) is 11.0 Å². The number of carbonyl (C=O) groups excluding carboxylic acids is 3. The van der Waals surface area contributed by atoms with Crippen LogP contribution in [0.3, 0.4) is 0 Å². The Balaban J connectivity index is 1.53. The van der Waals surface area contributed by atoms with Crippen LogP contribution in [0.15, 0.2) is 52.3 Å². The number of hydrogen-bond acceptors (Lipinski definition) is 10. The first-order valence-electron chi connectivity index (χ1n) is 11.7. The highest BCUT2D eigenvalue weighted by atomic mass is 32.2. The van der Waals surface area contributed by atoms with Gasteiger partial charge in [-0.15, -0.1) is 0 Å². The minimum absolute atomic E-state index is 0.239. The second-order valence-electron chi connectivity index (χ2n) is 8.46. The minimum atomic E-state index is -0.746. The summed E-state index contributed by atoms with van der Waals surface area (Å²) in [4.78, 5) is 55.9. The lowest BCUT2D eigenvalue weighted by Crippen LogP contribution is -2.32. The van der Waals surface area contributed by atoms with E-state index in [1.165, 1.54) is 30.9 Å². The fourth-order valence-corrected chi connectivity index (χ4v) is 7.21. The third-order valence-electron chi connectivity index (χ3n) is 6.35. The Bertz CT molecular complexity index is 1450. The number of benzene rings is 2. The quantitative estimate of drug-likeness (QED) is 0.329. The number of anilines is 1. The zero-order valence-electron chi connectivity index (χ0n) is 20.7. The summed E-state index contributed by atoms with van der Waals surface area (Å²) in [5.74, 6) is -1.26. The highest BCUT2D eigenvalue weighted by Gasteiger charge is 2.56. The number of fused-ring (bicyclic) bond motifs is 2. The lowest BCUT2D eigenvalue weighted by atomic mass is 9.83. The van der Waals surface area contributed by atoms with Crippen molar-refractivity contribution < 1.29 is 33.3 Å². The van der Waals surface area contributed by atoms with Crippen molar-refractivity contribution in [3.05, 3.63) is 62.6 Å². The summed E-state index contributed by atoms with van der Waals surface area (Å²) in [5, 5.41) is -0.149. The predicted molar refractivity (Wildman–Crippen MR) is 141 cm³/mol. The molecule has 0 unspecified atom stereocenters. The number of methoxy groups -OCH3 is 2. The number of nitrogens with one attached hydrogen (secondary N) is 1. The summed E-state index contributed by atoms with van der Waals surface area (Å²) in [5.41, 5.74) is 1.13. The summed E-state index contributed by atoms with van der Waals surface area (Å²) in [6.07, 6.45) is 0. The average molecular weight is 557 g/mol. The van der Waals surface area contributed by atoms with Gasteiger partial charge in [0.2, 0.25) is 11.8 Å². The number of aromatic amines is 1. The molecule has 2 aromatic carbocycles. The van der Waals surface area contributed by atoms with Crippen LogP contribution in [0.5, 0.6) is 17.2 Å². The Kier molecular flexibility index (Phi) is 7.17. The molecule has 2 amide bonds. The van der Waals surface area contributed by atoms with Crippen molar-refractivity contribution in [2.75, 3.05) is 32.3 Å². The number of thiazole rings is 1. The van der Waals surface area contributed by atoms with Crippen molar-refractivity contribution in [3.8, 4) is 17.2 Å². The number of amides is 2. The van der Waals surface area contributed by atoms with Gasteiger partial charge in [-0.3, -0.25) is 14.4 Å². The summed E-state index contributed by atoms with van der Waals surface area (Å²) in [6, 6.07) is 11.8. The number of nitrogens with zero attached hydrogens (tertiary/aromatic N) is 1. The van der Waals surface area contributed by atoms with E-state index in [1.807, 2.05) is 0 Å². The zero-order chi connectivity index (χ0) is 27.0. The molecule has 0 saturated carbocycles. The van der Waals surface area contributed by atoms with Crippen LogP contribution in [0, 0.1) is 5.92 Å². The average Bonchev–Trinajstić information content (AvgIpc) is 3.41. The molecule has 12 heteroatoms. The van der Waals surface area contributed by atoms with Gasteiger partial charge < -0.3 is 23.9 Å². The van der Waals surface area contributed by atoms with Gasteiger partial charge in [-0.2, -0.15) is 0 Å². The maximum absolute atomic E-state index is 13.8. The van der Waals surface area contributed by atoms with Gasteiger partial charge in [0, 0.05) is 10.8 Å². The molecule has 1 N–H and O–H groups in total. The molecule has 2 aliphatic heterocycles. The number of rotatable bonds is 8. The molecule has 3 heterocycles. The third-order valence-corrected chi connectivity index (χ3v) is 8.75. The number of esters is 1. The van der Waals surface area contributed by atoms with Crippen LogP contribution in [0.4, 0.5) is 5.69 Å². The molecular formula is C26H24N2O8S2. The van der Waals surface area contributed by atoms with Gasteiger partial charge in [-0.25, -0.2) is 9.69 Å². The molecule has 0 spiro atoms. The van der Waals surface area contributed by atoms with E-state index < -0.39 is 23.1 Å². The molecule has 0 radical (unpaired) electrons. The molecular weight excluding hydrogens is 532 g/mol. The van der Waals surface area contributed by atoms with Crippen LogP contribution in [0.1, 0.15) is 23.3 Å². The zero-order valence-corrected chi connectivity index (χ0v) is 22.4. The topological polar surface area (TPSA) is 124 Å². The highest BCUT2D eigenvalue weighted by molar-refractivity contribution is 8.00. The SMILES string of the molecule is CCOC(=O)COc1ccc([C@@H]2c3sc(=O)[nH]c3S[C@H]3C(=O)N(c4ccc(OC)cc4)C(=O)[C@@H]23)cc1OC. The summed E-state index contributed by atoms with van der Waals surface area (Å²) >= 11 is 2.23. The standard InChI is InChI=1S/C26H24N2O8S2/c1-4-35-18(29)12-36-16-10-5-13(11-17(16)34-3)19-20-22(37-23-21(19)38-26(32)27-23)25(31)28(24(20)30)14-6-8-15(33-2)9-7-14/h5-11,19-20,22H,4,12H2,1-3H3,(H,27,32)/t19-,20-,22+/m0/s1. The van der Waals surface area contributed by atoms with E-state index in [2.05, 4.69) is 4.98 Å². The van der Waals surface area contributed by atoms with Crippen LogP contribution < -0.4 is 24.0 Å². The fourth-order valence-electron chi connectivity index (χ4n) is 4.70. The fraction of sp³-hybridized carbons (Fsp3) is 0.308. The van der Waals surface area contributed by atoms with E-state index in [4.69, 9.17) is 18.9 Å². The second kappa shape index (κ2) is 10.5. The Labute approximate surface area is 225 Å². The molecule has 3 aromatic rings. The van der Waals surface area contributed by atoms with Crippen LogP contribution in [-0.4, -0.2) is 55.5 Å². The van der Waals surface area contributed by atoms with Gasteiger partial charge in [-0.1, -0.05) is 29.2 Å². The first-order chi connectivity index (χ1) is 18.4. The summed E-state index contributed by atoms with van der Waals surface area (Å²) < 4.78 is 21.2. The monoisotopic (exact) mass is 556 g/mol. The Morgan fingerprint density at radius 2 is 1.76 bits per heavy atom. The smallest absolute Gasteiger partial charge is 0.344 e. The van der Waals surface area contributed by atoms with Crippen LogP contribution in [-0.2, 0) is 19.1 Å². The van der Waals surface area contributed by atoms with E-state index in [-0.39, 0.29) is 29.9 Å². The van der Waals surface area contributed by atoms with Crippen LogP contribution in [0.25, 0.3) is 0 Å². The van der Waals surface area contributed by atoms with Crippen molar-refractivity contribution in [2.45, 2.75) is 23.1 Å². The van der Waals surface area contributed by atoms with Gasteiger partial charge in [0.05, 0.1) is 37.5 Å². The maximum atomic E-state index is 13.8.